The van der Waals surface area contributed by atoms with E-state index in [1.54, 1.807) is 11.8 Å². The predicted molar refractivity (Wildman–Crippen MR) is 61.9 cm³/mol. The summed E-state index contributed by atoms with van der Waals surface area (Å²) in [6.45, 7) is 1.96. The summed E-state index contributed by atoms with van der Waals surface area (Å²) in [5, 5.41) is 0. The highest BCUT2D eigenvalue weighted by molar-refractivity contribution is 7.98. The van der Waals surface area contributed by atoms with E-state index in [0.717, 1.165) is 24.7 Å². The summed E-state index contributed by atoms with van der Waals surface area (Å²) in [6.07, 6.45) is 6.47. The molecule has 80 valence electrons. The minimum absolute atomic E-state index is 0.558. The fraction of sp³-hybridized carbons (Fsp3) is 0.545. The molecule has 3 nitrogen and oxygen atoms in total. The number of aromatic nitrogens is 1. The second-order valence-electron chi connectivity index (χ2n) is 3.97. The third-order valence-corrected chi connectivity index (χ3v) is 3.90. The maximum absolute atomic E-state index is 5.83. The fourth-order valence-corrected chi connectivity index (χ4v) is 2.92. The topological polar surface area (TPSA) is 25.4 Å². The number of fused-ring (bicyclic) bond motifs is 3. The molecule has 1 aromatic rings. The summed E-state index contributed by atoms with van der Waals surface area (Å²) in [7, 11) is 0. The second kappa shape index (κ2) is 3.59. The fourth-order valence-electron chi connectivity index (χ4n) is 2.39. The van der Waals surface area contributed by atoms with Crippen molar-refractivity contribution in [3.63, 3.8) is 0 Å². The molecular formula is C11H14N2OS. The van der Waals surface area contributed by atoms with Crippen LogP contribution >= 0.6 is 11.8 Å². The van der Waals surface area contributed by atoms with Gasteiger partial charge in [0.15, 0.2) is 11.6 Å². The molecule has 15 heavy (non-hydrogen) atoms. The first kappa shape index (κ1) is 9.33. The zero-order chi connectivity index (χ0) is 10.3. The third kappa shape index (κ3) is 1.39. The number of rotatable bonds is 1. The lowest BCUT2D eigenvalue weighted by Crippen LogP contribution is -2.38. The van der Waals surface area contributed by atoms with E-state index in [1.165, 1.54) is 17.7 Å². The van der Waals surface area contributed by atoms with Gasteiger partial charge in [0.25, 0.3) is 0 Å². The molecule has 3 rings (SSSR count). The molecule has 0 saturated carbocycles. The molecule has 0 spiro atoms. The van der Waals surface area contributed by atoms with Gasteiger partial charge in [0, 0.05) is 12.7 Å². The molecule has 0 aromatic carbocycles. The Balaban J connectivity index is 2.07. The minimum atomic E-state index is 0.558. The van der Waals surface area contributed by atoms with Gasteiger partial charge in [0.1, 0.15) is 6.61 Å². The largest absolute Gasteiger partial charge is 0.486 e. The van der Waals surface area contributed by atoms with E-state index in [2.05, 4.69) is 16.1 Å². The van der Waals surface area contributed by atoms with Crippen LogP contribution in [0.25, 0.3) is 0 Å². The van der Waals surface area contributed by atoms with Crippen LogP contribution in [-0.2, 0) is 0 Å². The van der Waals surface area contributed by atoms with E-state index >= 15 is 0 Å². The lowest BCUT2D eigenvalue weighted by atomic mass is 10.2. The number of anilines is 1. The molecule has 1 saturated heterocycles. The van der Waals surface area contributed by atoms with Crippen LogP contribution in [0.15, 0.2) is 17.2 Å². The molecule has 1 aromatic heterocycles. The van der Waals surface area contributed by atoms with Gasteiger partial charge in [-0.3, -0.25) is 0 Å². The Morgan fingerprint density at radius 1 is 1.60 bits per heavy atom. The number of hydrogen-bond donors (Lipinski definition) is 0. The Kier molecular flexibility index (Phi) is 2.24. The van der Waals surface area contributed by atoms with Crippen LogP contribution < -0.4 is 9.64 Å². The summed E-state index contributed by atoms with van der Waals surface area (Å²) in [5.74, 6) is 2.04. The van der Waals surface area contributed by atoms with Crippen molar-refractivity contribution in [2.45, 2.75) is 23.8 Å². The van der Waals surface area contributed by atoms with E-state index in [0.29, 0.717) is 6.04 Å². The molecular weight excluding hydrogens is 208 g/mol. The Labute approximate surface area is 93.8 Å². The molecule has 1 fully saturated rings. The van der Waals surface area contributed by atoms with Crippen LogP contribution in [0.5, 0.6) is 5.75 Å². The minimum Gasteiger partial charge on any atom is -0.486 e. The summed E-state index contributed by atoms with van der Waals surface area (Å²) in [4.78, 5) is 8.06. The molecule has 2 aliphatic heterocycles. The summed E-state index contributed by atoms with van der Waals surface area (Å²) >= 11 is 1.73. The van der Waals surface area contributed by atoms with Crippen molar-refractivity contribution in [3.05, 3.63) is 12.3 Å². The van der Waals surface area contributed by atoms with Gasteiger partial charge in [-0.05, 0) is 25.2 Å². The molecule has 0 bridgehead atoms. The van der Waals surface area contributed by atoms with Gasteiger partial charge >= 0.3 is 0 Å². The smallest absolute Gasteiger partial charge is 0.175 e. The highest BCUT2D eigenvalue weighted by Gasteiger charge is 2.33. The third-order valence-electron chi connectivity index (χ3n) is 3.14. The first-order valence-electron chi connectivity index (χ1n) is 5.32. The highest BCUT2D eigenvalue weighted by atomic mass is 32.2. The van der Waals surface area contributed by atoms with Gasteiger partial charge in [0.2, 0.25) is 0 Å². The van der Waals surface area contributed by atoms with Gasteiger partial charge in [-0.2, -0.15) is 0 Å². The van der Waals surface area contributed by atoms with E-state index in [9.17, 15) is 0 Å². The van der Waals surface area contributed by atoms with E-state index < -0.39 is 0 Å². The lowest BCUT2D eigenvalue weighted by molar-refractivity contribution is 0.263. The Morgan fingerprint density at radius 3 is 3.40 bits per heavy atom. The van der Waals surface area contributed by atoms with Gasteiger partial charge < -0.3 is 9.64 Å². The quantitative estimate of drug-likeness (QED) is 0.680. The van der Waals surface area contributed by atoms with Crippen molar-refractivity contribution in [1.29, 1.82) is 0 Å². The maximum Gasteiger partial charge on any atom is 0.175 e. The van der Waals surface area contributed by atoms with Crippen molar-refractivity contribution in [3.8, 4) is 5.75 Å². The molecule has 3 heterocycles. The Morgan fingerprint density at radius 2 is 2.53 bits per heavy atom. The standard InChI is InChI=1S/C11H14N2OS/c1-15-9-4-5-12-11-10(9)14-7-8-3-2-6-13(8)11/h4-5,8H,2-3,6-7H2,1H3/t8-/m0/s1. The highest BCUT2D eigenvalue weighted by Crippen LogP contribution is 2.41. The number of pyridine rings is 1. The van der Waals surface area contributed by atoms with Crippen LogP contribution in [0.1, 0.15) is 12.8 Å². The van der Waals surface area contributed by atoms with Crippen LogP contribution in [0.3, 0.4) is 0 Å². The number of ether oxygens (including phenoxy) is 1. The summed E-state index contributed by atoms with van der Waals surface area (Å²) < 4.78 is 5.83. The normalized spacial score (nSPS) is 23.3. The molecule has 0 radical (unpaired) electrons. The average molecular weight is 222 g/mol. The first-order chi connectivity index (χ1) is 7.40. The van der Waals surface area contributed by atoms with Crippen molar-refractivity contribution in [1.82, 2.24) is 4.98 Å². The lowest BCUT2D eigenvalue weighted by Gasteiger charge is -2.32. The van der Waals surface area contributed by atoms with Crippen molar-refractivity contribution >= 4 is 17.6 Å². The van der Waals surface area contributed by atoms with Gasteiger partial charge in [-0.25, -0.2) is 4.98 Å². The monoisotopic (exact) mass is 222 g/mol. The van der Waals surface area contributed by atoms with Crippen molar-refractivity contribution in [2.24, 2.45) is 0 Å². The Bertz CT molecular complexity index is 383. The van der Waals surface area contributed by atoms with Crippen LogP contribution in [0.4, 0.5) is 5.82 Å². The van der Waals surface area contributed by atoms with E-state index in [4.69, 9.17) is 4.74 Å². The zero-order valence-corrected chi connectivity index (χ0v) is 9.59. The second-order valence-corrected chi connectivity index (χ2v) is 4.81. The molecule has 0 N–H and O–H groups in total. The number of thioether (sulfide) groups is 1. The number of nitrogens with zero attached hydrogens (tertiary/aromatic N) is 2. The molecule has 2 aliphatic rings. The molecule has 0 aliphatic carbocycles. The molecule has 0 amide bonds. The van der Waals surface area contributed by atoms with Crippen LogP contribution in [0, 0.1) is 0 Å². The molecule has 1 atom stereocenters. The van der Waals surface area contributed by atoms with E-state index in [1.807, 2.05) is 12.3 Å². The summed E-state index contributed by atoms with van der Waals surface area (Å²) in [5.41, 5.74) is 0. The predicted octanol–water partition coefficient (Wildman–Crippen LogP) is 2.16. The summed E-state index contributed by atoms with van der Waals surface area (Å²) in [6, 6.07) is 2.59. The van der Waals surface area contributed by atoms with Crippen LogP contribution in [-0.4, -0.2) is 30.4 Å². The Hall–Kier alpha value is -0.900. The van der Waals surface area contributed by atoms with Gasteiger partial charge in [0.05, 0.1) is 10.9 Å². The molecule has 0 unspecified atom stereocenters. The maximum atomic E-state index is 5.83. The number of hydrogen-bond acceptors (Lipinski definition) is 4. The SMILES string of the molecule is CSc1ccnc2c1OC[C@@H]1CCCN21. The first-order valence-corrected chi connectivity index (χ1v) is 6.55. The zero-order valence-electron chi connectivity index (χ0n) is 8.77. The van der Waals surface area contributed by atoms with Crippen molar-refractivity contribution < 1.29 is 4.74 Å². The van der Waals surface area contributed by atoms with Crippen molar-refractivity contribution in [2.75, 3.05) is 24.3 Å². The van der Waals surface area contributed by atoms with E-state index in [-0.39, 0.29) is 0 Å². The van der Waals surface area contributed by atoms with Gasteiger partial charge in [-0.15, -0.1) is 11.8 Å². The molecule has 4 heteroatoms. The van der Waals surface area contributed by atoms with Crippen LogP contribution in [0.2, 0.25) is 0 Å². The average Bonchev–Trinajstić information content (AvgIpc) is 2.76. The van der Waals surface area contributed by atoms with Gasteiger partial charge in [-0.1, -0.05) is 0 Å².